The molecule has 0 amide bonds. The van der Waals surface area contributed by atoms with Gasteiger partial charge in [-0.3, -0.25) is 0 Å². The molecular weight excluding hydrogens is 269 g/mol. The van der Waals surface area contributed by atoms with Gasteiger partial charge in [0.15, 0.2) is 0 Å². The highest BCUT2D eigenvalue weighted by Crippen LogP contribution is 2.29. The minimum Gasteiger partial charge on any atom is -0.316 e. The van der Waals surface area contributed by atoms with Crippen molar-refractivity contribution in [2.24, 2.45) is 5.92 Å². The fourth-order valence-corrected chi connectivity index (χ4v) is 2.67. The molecule has 2 rings (SSSR count). The molecule has 2 atom stereocenters. The zero-order valence-electron chi connectivity index (χ0n) is 9.26. The predicted molar refractivity (Wildman–Crippen MR) is 68.2 cm³/mol. The third kappa shape index (κ3) is 3.29. The van der Waals surface area contributed by atoms with Gasteiger partial charge in [-0.05, 0) is 56.0 Å². The van der Waals surface area contributed by atoms with Gasteiger partial charge >= 0.3 is 0 Å². The number of alkyl halides is 1. The number of hydrogen-bond donors (Lipinski definition) is 1. The van der Waals surface area contributed by atoms with E-state index in [-0.39, 0.29) is 0 Å². The largest absolute Gasteiger partial charge is 0.316 e. The summed E-state index contributed by atoms with van der Waals surface area (Å²) in [6.07, 6.45) is 2.14. The van der Waals surface area contributed by atoms with Crippen LogP contribution in [0.25, 0.3) is 0 Å². The van der Waals surface area contributed by atoms with Gasteiger partial charge in [0, 0.05) is 4.47 Å². The van der Waals surface area contributed by atoms with Gasteiger partial charge in [0.2, 0.25) is 0 Å². The first-order valence-electron chi connectivity index (χ1n) is 5.86. The van der Waals surface area contributed by atoms with Crippen LogP contribution >= 0.6 is 15.9 Å². The average Bonchev–Trinajstić information content (AvgIpc) is 2.30. The lowest BCUT2D eigenvalue weighted by atomic mass is 9.92. The highest BCUT2D eigenvalue weighted by Gasteiger charge is 2.19. The number of halogens is 2. The van der Waals surface area contributed by atoms with Crippen LogP contribution < -0.4 is 5.32 Å². The third-order valence-corrected chi connectivity index (χ3v) is 3.64. The lowest BCUT2D eigenvalue weighted by Gasteiger charge is -2.24. The number of rotatable bonds is 3. The lowest BCUT2D eigenvalue weighted by molar-refractivity contribution is 0.243. The minimum absolute atomic E-state index is 0.489. The second kappa shape index (κ2) is 5.78. The molecule has 0 aromatic heterocycles. The van der Waals surface area contributed by atoms with Gasteiger partial charge < -0.3 is 5.32 Å². The lowest BCUT2D eigenvalue weighted by Crippen LogP contribution is -2.30. The zero-order valence-corrected chi connectivity index (χ0v) is 10.8. The van der Waals surface area contributed by atoms with Crippen molar-refractivity contribution in [3.05, 3.63) is 34.3 Å². The van der Waals surface area contributed by atoms with E-state index in [0.717, 1.165) is 29.5 Å². The Hall–Kier alpha value is -0.410. The Morgan fingerprint density at radius 2 is 2.38 bits per heavy atom. The minimum atomic E-state index is -0.831. The topological polar surface area (TPSA) is 12.0 Å². The predicted octanol–water partition coefficient (Wildman–Crippen LogP) is 3.85. The molecule has 1 heterocycles. The molecule has 0 saturated carbocycles. The Kier molecular flexibility index (Phi) is 4.36. The van der Waals surface area contributed by atoms with Crippen molar-refractivity contribution in [2.75, 3.05) is 13.1 Å². The highest BCUT2D eigenvalue weighted by atomic mass is 79.9. The van der Waals surface area contributed by atoms with Crippen molar-refractivity contribution in [2.45, 2.75) is 25.4 Å². The monoisotopic (exact) mass is 285 g/mol. The van der Waals surface area contributed by atoms with Crippen molar-refractivity contribution >= 4 is 15.9 Å². The van der Waals surface area contributed by atoms with Crippen LogP contribution in [-0.2, 0) is 0 Å². The molecule has 16 heavy (non-hydrogen) atoms. The van der Waals surface area contributed by atoms with E-state index in [1.165, 1.54) is 6.42 Å². The Balaban J connectivity index is 1.94. The SMILES string of the molecule is FC(CC1CCCNC1)c1cccc(Br)c1. The summed E-state index contributed by atoms with van der Waals surface area (Å²) in [4.78, 5) is 0. The summed E-state index contributed by atoms with van der Waals surface area (Å²) in [6, 6.07) is 7.57. The van der Waals surface area contributed by atoms with E-state index < -0.39 is 6.17 Å². The summed E-state index contributed by atoms with van der Waals surface area (Å²) in [5.41, 5.74) is 0.792. The maximum absolute atomic E-state index is 14.1. The molecular formula is C13H17BrFN. The molecule has 1 saturated heterocycles. The van der Waals surface area contributed by atoms with Crippen LogP contribution in [0.2, 0.25) is 0 Å². The van der Waals surface area contributed by atoms with E-state index in [4.69, 9.17) is 0 Å². The van der Waals surface area contributed by atoms with E-state index in [9.17, 15) is 4.39 Å². The van der Waals surface area contributed by atoms with E-state index in [1.807, 2.05) is 24.3 Å². The molecule has 1 aromatic rings. The summed E-state index contributed by atoms with van der Waals surface area (Å²) in [5.74, 6) is 0.489. The standard InChI is InChI=1S/C13H17BrFN/c14-12-5-1-4-11(8-12)13(15)7-10-3-2-6-16-9-10/h1,4-5,8,10,13,16H,2-3,6-7,9H2. The Morgan fingerprint density at radius 1 is 1.50 bits per heavy atom. The highest BCUT2D eigenvalue weighted by molar-refractivity contribution is 9.10. The van der Waals surface area contributed by atoms with Crippen molar-refractivity contribution < 1.29 is 4.39 Å². The molecule has 1 aliphatic rings. The van der Waals surface area contributed by atoms with Gasteiger partial charge in [0.1, 0.15) is 6.17 Å². The maximum atomic E-state index is 14.1. The Morgan fingerprint density at radius 3 is 3.06 bits per heavy atom. The molecule has 1 nitrogen and oxygen atoms in total. The Labute approximate surface area is 105 Å². The van der Waals surface area contributed by atoms with Crippen molar-refractivity contribution in [1.82, 2.24) is 5.32 Å². The molecule has 0 aliphatic carbocycles. The molecule has 88 valence electrons. The summed E-state index contributed by atoms with van der Waals surface area (Å²) < 4.78 is 15.0. The van der Waals surface area contributed by atoms with E-state index in [2.05, 4.69) is 21.2 Å². The molecule has 1 aromatic carbocycles. The maximum Gasteiger partial charge on any atom is 0.125 e. The summed E-state index contributed by atoms with van der Waals surface area (Å²) >= 11 is 3.38. The zero-order chi connectivity index (χ0) is 11.4. The molecule has 0 spiro atoms. The molecule has 1 aliphatic heterocycles. The first kappa shape index (κ1) is 12.1. The van der Waals surface area contributed by atoms with Gasteiger partial charge in [0.25, 0.3) is 0 Å². The summed E-state index contributed by atoms with van der Waals surface area (Å²) in [6.45, 7) is 2.05. The molecule has 2 unspecified atom stereocenters. The van der Waals surface area contributed by atoms with Crippen molar-refractivity contribution in [1.29, 1.82) is 0 Å². The van der Waals surface area contributed by atoms with Crippen molar-refractivity contribution in [3.8, 4) is 0 Å². The van der Waals surface area contributed by atoms with Crippen LogP contribution in [-0.4, -0.2) is 13.1 Å². The average molecular weight is 286 g/mol. The van der Waals surface area contributed by atoms with Crippen LogP contribution in [0, 0.1) is 5.92 Å². The van der Waals surface area contributed by atoms with Gasteiger partial charge in [-0.25, -0.2) is 4.39 Å². The van der Waals surface area contributed by atoms with Crippen LogP contribution in [0.4, 0.5) is 4.39 Å². The number of nitrogens with one attached hydrogen (secondary N) is 1. The summed E-state index contributed by atoms with van der Waals surface area (Å²) in [7, 11) is 0. The van der Waals surface area contributed by atoms with Crippen LogP contribution in [0.1, 0.15) is 31.0 Å². The number of piperidine rings is 1. The van der Waals surface area contributed by atoms with E-state index >= 15 is 0 Å². The molecule has 1 N–H and O–H groups in total. The van der Waals surface area contributed by atoms with Gasteiger partial charge in [-0.15, -0.1) is 0 Å². The summed E-state index contributed by atoms with van der Waals surface area (Å²) in [5, 5.41) is 3.33. The smallest absolute Gasteiger partial charge is 0.125 e. The van der Waals surface area contributed by atoms with Gasteiger partial charge in [-0.1, -0.05) is 28.1 Å². The molecule has 1 fully saturated rings. The van der Waals surface area contributed by atoms with E-state index in [1.54, 1.807) is 0 Å². The van der Waals surface area contributed by atoms with Gasteiger partial charge in [0.05, 0.1) is 0 Å². The normalized spacial score (nSPS) is 23.0. The fraction of sp³-hybridized carbons (Fsp3) is 0.538. The fourth-order valence-electron chi connectivity index (χ4n) is 2.26. The second-order valence-electron chi connectivity index (χ2n) is 4.47. The van der Waals surface area contributed by atoms with Crippen molar-refractivity contribution in [3.63, 3.8) is 0 Å². The van der Waals surface area contributed by atoms with Crippen LogP contribution in [0.5, 0.6) is 0 Å². The Bertz CT molecular complexity index is 336. The molecule has 3 heteroatoms. The molecule has 0 bridgehead atoms. The first-order chi connectivity index (χ1) is 7.75. The number of hydrogen-bond acceptors (Lipinski definition) is 1. The number of benzene rings is 1. The van der Waals surface area contributed by atoms with Crippen LogP contribution in [0.15, 0.2) is 28.7 Å². The second-order valence-corrected chi connectivity index (χ2v) is 5.39. The first-order valence-corrected chi connectivity index (χ1v) is 6.65. The quantitative estimate of drug-likeness (QED) is 0.890. The molecule has 0 radical (unpaired) electrons. The third-order valence-electron chi connectivity index (χ3n) is 3.15. The van der Waals surface area contributed by atoms with Crippen LogP contribution in [0.3, 0.4) is 0 Å². The van der Waals surface area contributed by atoms with E-state index in [0.29, 0.717) is 12.3 Å². The van der Waals surface area contributed by atoms with Gasteiger partial charge in [-0.2, -0.15) is 0 Å².